The van der Waals surface area contributed by atoms with Crippen molar-refractivity contribution in [3.05, 3.63) is 179 Å². The zero-order valence-electron chi connectivity index (χ0n) is 60.7. The lowest BCUT2D eigenvalue weighted by atomic mass is 9.96. The number of thiophene rings is 4. The van der Waals surface area contributed by atoms with Crippen molar-refractivity contribution in [2.75, 3.05) is 82.0 Å². The van der Waals surface area contributed by atoms with Crippen LogP contribution in [0.2, 0.25) is 0 Å². The van der Waals surface area contributed by atoms with Crippen LogP contribution < -0.4 is 42.6 Å². The molecule has 12 N–H and O–H groups in total. The van der Waals surface area contributed by atoms with Crippen LogP contribution in [0.15, 0.2) is 174 Å². The van der Waals surface area contributed by atoms with Gasteiger partial charge in [0.05, 0.1) is 93.8 Å². The number of fused-ring (bicyclic) bond motifs is 8. The number of benzene rings is 5. The van der Waals surface area contributed by atoms with Crippen LogP contribution in [0.25, 0.3) is 84.5 Å². The van der Waals surface area contributed by atoms with Gasteiger partial charge in [-0.1, -0.05) is 56.0 Å². The fourth-order valence-electron chi connectivity index (χ4n) is 14.5. The number of anilines is 12. The Hall–Kier alpha value is -11.6. The van der Waals surface area contributed by atoms with Crippen LogP contribution in [0.1, 0.15) is 82.6 Å². The molecule has 17 aromatic rings. The predicted octanol–water partition coefficient (Wildman–Crippen LogP) is 18.5. The van der Waals surface area contributed by atoms with Crippen LogP contribution in [0, 0.1) is 0 Å². The first-order chi connectivity index (χ1) is 54.8. The van der Waals surface area contributed by atoms with Gasteiger partial charge in [0.2, 0.25) is 23.8 Å². The van der Waals surface area contributed by atoms with Crippen LogP contribution in [-0.2, 0) is 11.3 Å². The van der Waals surface area contributed by atoms with Gasteiger partial charge in [0, 0.05) is 102 Å². The molecular formula is C80H82N26OS4. The molecule has 21 rings (SSSR count). The van der Waals surface area contributed by atoms with Crippen molar-refractivity contribution in [3.8, 4) is 0 Å². The first kappa shape index (κ1) is 71.1. The number of aromatic nitrogens is 16. The van der Waals surface area contributed by atoms with E-state index in [9.17, 15) is 0 Å². The molecule has 4 fully saturated rings. The molecule has 4 aliphatic rings. The van der Waals surface area contributed by atoms with Gasteiger partial charge < -0.3 is 42.0 Å². The molecule has 0 radical (unpaired) electrons. The number of ether oxygens (including phenoxy) is 1. The molecule has 15 heterocycles. The maximum atomic E-state index is 5.67. The molecule has 5 aromatic carbocycles. The standard InChI is InChI=1S/C25H25N7S.C19H20N6S.C18H19N7S.C18H18N6OS/c1-2-4-17(5-3-1)16-32-11-8-19(9-12-32)28-25-29-22-10-13-33-23(22)24(30-25)27-20-6-7-21-18(14-20)15-26-31-21;1-2-4-13(5-3-1)22-19-23-16-8-9-26-17(16)18(24-19)21-14-6-7-15-12(10-14)11-20-25-15;1-2-7-25(8-3-1)24-18-21-15-6-9-26-16(15)17(22-18)20-13-4-5-14-12(10-13)11-19-23-14;1-2-13(25-6-1)10-19-18-22-15-5-7-26-16(15)17(23-18)21-12-3-4-14-11(8-12)9-20-24-14/h1-7,10,13-15,19H,8-9,11-12,16H2,(H,26,31)(H2,27,28,29,30);6-11,13H,1-5H2,(H,20,25)(H2,21,22,23,24);4-6,9-11H,1-3,7-8H2,(H,19,23)(H2,20,21,22,24);3-5,7-9,13H,1-2,6,10H2,(H,20,24)(H2,19,21,22,23). The van der Waals surface area contributed by atoms with Crippen molar-refractivity contribution in [1.82, 2.24) is 90.6 Å². The minimum atomic E-state index is 0.247. The number of H-pyrrole nitrogens is 4. The van der Waals surface area contributed by atoms with E-state index in [-0.39, 0.29) is 6.10 Å². The summed E-state index contributed by atoms with van der Waals surface area (Å²) < 4.78 is 9.90. The third-order valence-corrected chi connectivity index (χ3v) is 23.9. The van der Waals surface area contributed by atoms with Gasteiger partial charge >= 0.3 is 0 Å². The first-order valence-electron chi connectivity index (χ1n) is 37.8. The lowest BCUT2D eigenvalue weighted by Gasteiger charge is -2.32. The first-order valence-corrected chi connectivity index (χ1v) is 41.4. The highest BCUT2D eigenvalue weighted by Crippen LogP contribution is 2.37. The van der Waals surface area contributed by atoms with E-state index in [0.29, 0.717) is 29.9 Å². The number of hydrazine groups is 1. The van der Waals surface area contributed by atoms with Gasteiger partial charge in [-0.15, -0.1) is 45.3 Å². The maximum absolute atomic E-state index is 5.67. The Balaban J connectivity index is 0.000000104. The van der Waals surface area contributed by atoms with Crippen LogP contribution in [-0.4, -0.2) is 148 Å². The lowest BCUT2D eigenvalue weighted by molar-refractivity contribution is 0.120. The molecule has 12 aromatic heterocycles. The molecule has 1 unspecified atom stereocenters. The maximum Gasteiger partial charge on any atom is 0.240 e. The highest BCUT2D eigenvalue weighted by atomic mass is 32.1. The molecule has 111 heavy (non-hydrogen) atoms. The number of hydrogen-bond donors (Lipinski definition) is 12. The van der Waals surface area contributed by atoms with Gasteiger partial charge in [0.25, 0.3) is 0 Å². The van der Waals surface area contributed by atoms with Gasteiger partial charge in [-0.2, -0.15) is 40.3 Å². The van der Waals surface area contributed by atoms with E-state index in [1.165, 1.54) is 56.9 Å². The Bertz CT molecular complexity index is 5790. The molecule has 0 spiro atoms. The summed E-state index contributed by atoms with van der Waals surface area (Å²) in [6, 6.07) is 44.2. The Labute approximate surface area is 653 Å². The molecule has 27 nitrogen and oxygen atoms in total. The van der Waals surface area contributed by atoms with Crippen molar-refractivity contribution < 1.29 is 4.74 Å². The van der Waals surface area contributed by atoms with Gasteiger partial charge in [0.15, 0.2) is 23.3 Å². The number of likely N-dealkylation sites (tertiary alicyclic amines) is 1. The quantitative estimate of drug-likeness (QED) is 0.0358. The van der Waals surface area contributed by atoms with Crippen LogP contribution in [0.5, 0.6) is 0 Å². The molecule has 1 atom stereocenters. The largest absolute Gasteiger partial charge is 0.376 e. The molecule has 0 amide bonds. The lowest BCUT2D eigenvalue weighted by Crippen LogP contribution is -2.39. The molecule has 31 heteroatoms. The second-order valence-corrected chi connectivity index (χ2v) is 31.8. The number of aromatic amines is 4. The molecule has 562 valence electrons. The number of piperidine rings is 2. The summed E-state index contributed by atoms with van der Waals surface area (Å²) in [5, 5.41) is 67.3. The Morgan fingerprint density at radius 3 is 1.23 bits per heavy atom. The number of rotatable bonds is 19. The van der Waals surface area contributed by atoms with E-state index in [1.54, 1.807) is 45.3 Å². The van der Waals surface area contributed by atoms with E-state index in [2.05, 4.69) is 186 Å². The van der Waals surface area contributed by atoms with Crippen LogP contribution in [0.4, 0.5) is 69.8 Å². The normalized spacial score (nSPS) is 15.8. The smallest absolute Gasteiger partial charge is 0.240 e. The fraction of sp³-hybridized carbons (Fsp3) is 0.275. The Morgan fingerprint density at radius 2 is 0.793 bits per heavy atom. The van der Waals surface area contributed by atoms with E-state index in [1.807, 2.05) is 90.8 Å². The van der Waals surface area contributed by atoms with Gasteiger partial charge in [-0.05, 0) is 176 Å². The van der Waals surface area contributed by atoms with E-state index < -0.39 is 0 Å². The highest BCUT2D eigenvalue weighted by molar-refractivity contribution is 7.18. The van der Waals surface area contributed by atoms with Gasteiger partial charge in [-0.3, -0.25) is 30.7 Å². The molecule has 3 saturated heterocycles. The average Bonchev–Trinajstić information content (AvgIpc) is 1.75. The van der Waals surface area contributed by atoms with Gasteiger partial charge in [0.1, 0.15) is 0 Å². The zero-order valence-corrected chi connectivity index (χ0v) is 64.0. The molecule has 1 aliphatic carbocycles. The summed E-state index contributed by atoms with van der Waals surface area (Å²) >= 11 is 6.59. The molecule has 3 aliphatic heterocycles. The predicted molar refractivity (Wildman–Crippen MR) is 453 cm³/mol. The number of hydrogen-bond acceptors (Lipinski definition) is 27. The van der Waals surface area contributed by atoms with Crippen molar-refractivity contribution in [3.63, 3.8) is 0 Å². The van der Waals surface area contributed by atoms with Gasteiger partial charge in [-0.25, -0.2) is 24.9 Å². The van der Waals surface area contributed by atoms with Crippen molar-refractivity contribution >= 4 is 200 Å². The monoisotopic (exact) mass is 1550 g/mol. The third kappa shape index (κ3) is 17.2. The summed E-state index contributed by atoms with van der Waals surface area (Å²) in [6.45, 7) is 6.80. The van der Waals surface area contributed by atoms with E-state index >= 15 is 0 Å². The topological polar surface area (TPSA) is 330 Å². The summed E-state index contributed by atoms with van der Waals surface area (Å²) in [5.41, 5.74) is 16.6. The summed E-state index contributed by atoms with van der Waals surface area (Å²) in [6.07, 6.45) is 22.0. The molecule has 1 saturated carbocycles. The summed E-state index contributed by atoms with van der Waals surface area (Å²) in [7, 11) is 0. The van der Waals surface area contributed by atoms with Crippen LogP contribution in [0.3, 0.4) is 0 Å². The number of nitrogens with zero attached hydrogens (tertiary/aromatic N) is 14. The fourth-order valence-corrected chi connectivity index (χ4v) is 17.6. The second kappa shape index (κ2) is 33.3. The zero-order chi connectivity index (χ0) is 74.1. The van der Waals surface area contributed by atoms with Crippen molar-refractivity contribution in [2.24, 2.45) is 0 Å². The minimum absolute atomic E-state index is 0.247. The van der Waals surface area contributed by atoms with E-state index in [4.69, 9.17) is 34.6 Å². The van der Waals surface area contributed by atoms with Crippen LogP contribution >= 0.6 is 45.3 Å². The minimum Gasteiger partial charge on any atom is -0.376 e. The summed E-state index contributed by atoms with van der Waals surface area (Å²) in [5.74, 6) is 6.00. The van der Waals surface area contributed by atoms with E-state index in [0.717, 1.165) is 208 Å². The molecule has 0 bridgehead atoms. The second-order valence-electron chi connectivity index (χ2n) is 28.1. The number of nitrogens with one attached hydrogen (secondary N) is 12. The molecular weight excluding hydrogens is 1470 g/mol. The third-order valence-electron chi connectivity index (χ3n) is 20.3. The Kier molecular flexibility index (Phi) is 21.3. The Morgan fingerprint density at radius 1 is 0.387 bits per heavy atom. The average molecular weight is 1550 g/mol. The van der Waals surface area contributed by atoms with Crippen molar-refractivity contribution in [2.45, 2.75) is 102 Å². The van der Waals surface area contributed by atoms with Crippen molar-refractivity contribution in [1.29, 1.82) is 0 Å². The summed E-state index contributed by atoms with van der Waals surface area (Å²) in [4.78, 5) is 40.4. The SMILES string of the molecule is c1cc2nc(NC3CCCCC3)nc(Nc3ccc4[nH]ncc4c3)c2s1.c1cc2nc(NCC3CCCO3)nc(Nc3ccc4[nH]ncc4c3)c2s1.c1cc2nc(NN3CCCCC3)nc(Nc3ccc4[nH]ncc4c3)c2s1.c1ccc(CN2CCC(Nc3nc(Nc4ccc5[nH]ncc5c4)c4sccc4n3)CC2)cc1. The highest BCUT2D eigenvalue weighted by Gasteiger charge is 2.24.